The molecule has 0 amide bonds. The highest BCUT2D eigenvalue weighted by Crippen LogP contribution is 2.04. The number of rotatable bonds is 13. The molecule has 0 rings (SSSR count). The van der Waals surface area contributed by atoms with Gasteiger partial charge in [-0.05, 0) is 25.2 Å². The van der Waals surface area contributed by atoms with Crippen molar-refractivity contribution in [2.45, 2.75) is 64.1 Å². The zero-order chi connectivity index (χ0) is 29.4. The van der Waals surface area contributed by atoms with Crippen molar-refractivity contribution >= 4 is 35.8 Å². The van der Waals surface area contributed by atoms with E-state index in [0.29, 0.717) is 19.4 Å². The molecule has 212 valence electrons. The zero-order valence-corrected chi connectivity index (χ0v) is 20.4. The van der Waals surface area contributed by atoms with Crippen LogP contribution in [-0.2, 0) is 24.0 Å². The predicted molar refractivity (Wildman–Crippen MR) is 129 cm³/mol. The Bertz CT molecular complexity index is 679. The van der Waals surface area contributed by atoms with E-state index in [1.807, 2.05) is 13.8 Å². The van der Waals surface area contributed by atoms with Gasteiger partial charge in [-0.1, -0.05) is 20.3 Å². The number of hydrogen-bond acceptors (Lipinski definition) is 10. The molecule has 0 saturated carbocycles. The van der Waals surface area contributed by atoms with Crippen LogP contribution < -0.4 is 34.0 Å². The Hall–Kier alpha value is -3.54. The van der Waals surface area contributed by atoms with Crippen molar-refractivity contribution in [3.8, 4) is 0 Å². The lowest BCUT2D eigenvalue weighted by Crippen LogP contribution is -2.36. The molecule has 0 unspecified atom stereocenters. The number of nitrogens with one attached hydrogen (secondary N) is 2. The molecule has 17 N–H and O–H groups in total. The maximum Gasteiger partial charge on any atom is 0.320 e. The van der Waals surface area contributed by atoms with E-state index in [-0.39, 0.29) is 31.3 Å². The van der Waals surface area contributed by atoms with E-state index < -0.39 is 48.0 Å². The first-order valence-electron chi connectivity index (χ1n) is 10.6. The van der Waals surface area contributed by atoms with Gasteiger partial charge in [-0.3, -0.25) is 29.4 Å². The SMILES string of the molecule is CC[C@H](C)[C@H](N)C(=O)O.N=C(N)NCCC[C@H](N)C(=O)O.NCC(=O)O.N[C@@H](CCC(=O)O)C(=O)O. The minimum atomic E-state index is -1.17. The van der Waals surface area contributed by atoms with Crippen LogP contribution in [0.4, 0.5) is 0 Å². The van der Waals surface area contributed by atoms with Crippen molar-refractivity contribution in [1.82, 2.24) is 5.32 Å². The highest BCUT2D eigenvalue weighted by Gasteiger charge is 2.17. The molecule has 4 atom stereocenters. The molecule has 0 aromatic rings. The third-order valence-corrected chi connectivity index (χ3v) is 4.03. The standard InChI is InChI=1S/C6H14N4O2.C6H13NO2.C5H9NO4.C2H5NO2/c7-4(5(11)12)2-1-3-10-6(8)9;1-3-4(2)5(7)6(8)9;6-3(5(9)10)1-2-4(7)8;3-1-2(4)5/h4H,1-3,7H2,(H,11,12)(H4,8,9,10);4-5H,3,7H2,1-2H3,(H,8,9);3H,1-2,6H2,(H,7,8)(H,9,10);1,3H2,(H,4,5)/t4-;4-,5-;3-;/m000./s1. The van der Waals surface area contributed by atoms with Gasteiger partial charge in [-0.2, -0.15) is 0 Å². The van der Waals surface area contributed by atoms with Crippen LogP contribution in [0.3, 0.4) is 0 Å². The first-order valence-corrected chi connectivity index (χ1v) is 10.6. The van der Waals surface area contributed by atoms with Crippen LogP contribution in [0.15, 0.2) is 0 Å². The van der Waals surface area contributed by atoms with E-state index in [1.54, 1.807) is 0 Å². The lowest BCUT2D eigenvalue weighted by atomic mass is 10.0. The minimum absolute atomic E-state index is 0.0231. The Balaban J connectivity index is -0.000000197. The van der Waals surface area contributed by atoms with Crippen LogP contribution in [0.2, 0.25) is 0 Å². The van der Waals surface area contributed by atoms with E-state index in [9.17, 15) is 24.0 Å². The summed E-state index contributed by atoms with van der Waals surface area (Å²) in [5.41, 5.74) is 25.1. The Kier molecular flexibility index (Phi) is 27.1. The molecule has 0 aromatic heterocycles. The summed E-state index contributed by atoms with van der Waals surface area (Å²) in [6.45, 7) is 3.96. The second kappa shape index (κ2) is 24.6. The van der Waals surface area contributed by atoms with Gasteiger partial charge in [0.25, 0.3) is 0 Å². The van der Waals surface area contributed by atoms with Crippen LogP contribution in [-0.4, -0.2) is 92.6 Å². The van der Waals surface area contributed by atoms with Crippen LogP contribution in [0, 0.1) is 11.3 Å². The fourth-order valence-electron chi connectivity index (χ4n) is 1.57. The fourth-order valence-corrected chi connectivity index (χ4v) is 1.57. The summed E-state index contributed by atoms with van der Waals surface area (Å²) in [7, 11) is 0. The molecule has 36 heavy (non-hydrogen) atoms. The van der Waals surface area contributed by atoms with Gasteiger partial charge in [0, 0.05) is 13.0 Å². The lowest BCUT2D eigenvalue weighted by Gasteiger charge is -2.11. The zero-order valence-electron chi connectivity index (χ0n) is 20.4. The van der Waals surface area contributed by atoms with Gasteiger partial charge in [-0.15, -0.1) is 0 Å². The van der Waals surface area contributed by atoms with Gasteiger partial charge in [0.05, 0.1) is 6.54 Å². The number of carboxylic acid groups (broad SMARTS) is 5. The van der Waals surface area contributed by atoms with Crippen molar-refractivity contribution in [2.24, 2.45) is 34.6 Å². The molecular formula is C19H41N7O10. The van der Waals surface area contributed by atoms with E-state index in [1.165, 1.54) is 0 Å². The first-order chi connectivity index (χ1) is 16.4. The summed E-state index contributed by atoms with van der Waals surface area (Å²) in [5.74, 6) is -5.12. The molecular weight excluding hydrogens is 486 g/mol. The molecule has 17 nitrogen and oxygen atoms in total. The van der Waals surface area contributed by atoms with Gasteiger partial charge in [0.15, 0.2) is 5.96 Å². The van der Waals surface area contributed by atoms with Crippen LogP contribution in [0.1, 0.15) is 46.0 Å². The summed E-state index contributed by atoms with van der Waals surface area (Å²) >= 11 is 0. The van der Waals surface area contributed by atoms with Crippen molar-refractivity contribution < 1.29 is 49.5 Å². The number of hydrogen-bond donors (Lipinski definition) is 12. The average Bonchev–Trinajstić information content (AvgIpc) is 2.79. The first kappa shape index (κ1) is 39.7. The summed E-state index contributed by atoms with van der Waals surface area (Å²) < 4.78 is 0. The van der Waals surface area contributed by atoms with Crippen molar-refractivity contribution in [3.05, 3.63) is 0 Å². The number of carboxylic acids is 5. The maximum atomic E-state index is 10.2. The summed E-state index contributed by atoms with van der Waals surface area (Å²) in [4.78, 5) is 49.5. The van der Waals surface area contributed by atoms with Gasteiger partial charge >= 0.3 is 29.8 Å². The highest BCUT2D eigenvalue weighted by atomic mass is 16.4. The molecule has 0 aliphatic carbocycles. The van der Waals surface area contributed by atoms with E-state index in [2.05, 4.69) is 11.1 Å². The lowest BCUT2D eigenvalue weighted by molar-refractivity contribution is -0.141. The monoisotopic (exact) mass is 527 g/mol. The van der Waals surface area contributed by atoms with Gasteiger partial charge in [0.1, 0.15) is 18.1 Å². The molecule has 0 aromatic carbocycles. The Morgan fingerprint density at radius 2 is 1.25 bits per heavy atom. The normalized spacial score (nSPS) is 12.7. The third kappa shape index (κ3) is 32.6. The number of guanidine groups is 1. The Morgan fingerprint density at radius 3 is 1.50 bits per heavy atom. The largest absolute Gasteiger partial charge is 0.481 e. The van der Waals surface area contributed by atoms with E-state index in [4.69, 9.17) is 53.9 Å². The Labute approximate surface area is 208 Å². The fraction of sp³-hybridized carbons (Fsp3) is 0.684. The minimum Gasteiger partial charge on any atom is -0.481 e. The third-order valence-electron chi connectivity index (χ3n) is 4.03. The van der Waals surface area contributed by atoms with Crippen LogP contribution >= 0.6 is 0 Å². The van der Waals surface area contributed by atoms with Crippen molar-refractivity contribution in [1.29, 1.82) is 5.41 Å². The number of aliphatic carboxylic acids is 5. The number of carbonyl (C=O) groups is 5. The molecule has 0 spiro atoms. The molecule has 0 radical (unpaired) electrons. The van der Waals surface area contributed by atoms with E-state index in [0.717, 1.165) is 6.42 Å². The second-order valence-corrected chi connectivity index (χ2v) is 7.15. The molecule has 0 aliphatic rings. The molecule has 0 bridgehead atoms. The van der Waals surface area contributed by atoms with Gasteiger partial charge in [0.2, 0.25) is 0 Å². The maximum absolute atomic E-state index is 10.2. The molecule has 0 heterocycles. The topological polar surface area (TPSA) is 352 Å². The molecule has 0 aliphatic heterocycles. The van der Waals surface area contributed by atoms with Gasteiger partial charge < -0.3 is 59.5 Å². The number of nitrogens with two attached hydrogens (primary N) is 5. The average molecular weight is 528 g/mol. The summed E-state index contributed by atoms with van der Waals surface area (Å²) in [6, 6.07) is -2.58. The predicted octanol–water partition coefficient (Wildman–Crippen LogP) is -2.60. The van der Waals surface area contributed by atoms with Crippen molar-refractivity contribution in [2.75, 3.05) is 13.1 Å². The second-order valence-electron chi connectivity index (χ2n) is 7.15. The molecule has 17 heteroatoms. The molecule has 0 fully saturated rings. The highest BCUT2D eigenvalue weighted by molar-refractivity contribution is 5.75. The molecule has 0 saturated heterocycles. The van der Waals surface area contributed by atoms with Crippen LogP contribution in [0.25, 0.3) is 0 Å². The van der Waals surface area contributed by atoms with Crippen molar-refractivity contribution in [3.63, 3.8) is 0 Å². The summed E-state index contributed by atoms with van der Waals surface area (Å²) in [5, 5.41) is 49.9. The quantitative estimate of drug-likeness (QED) is 0.0662. The van der Waals surface area contributed by atoms with Crippen LogP contribution in [0.5, 0.6) is 0 Å². The summed E-state index contributed by atoms with van der Waals surface area (Å²) in [6.07, 6.45) is 1.56. The Morgan fingerprint density at radius 1 is 0.833 bits per heavy atom. The van der Waals surface area contributed by atoms with Gasteiger partial charge in [-0.25, -0.2) is 0 Å². The van der Waals surface area contributed by atoms with E-state index >= 15 is 0 Å². The smallest absolute Gasteiger partial charge is 0.320 e.